The topological polar surface area (TPSA) is 101 Å². The maximum absolute atomic E-state index is 12.1. The molecule has 7 nitrogen and oxygen atoms in total. The van der Waals surface area contributed by atoms with Crippen molar-refractivity contribution < 1.29 is 18.3 Å². The second-order valence-corrected chi connectivity index (χ2v) is 7.20. The third-order valence-electron chi connectivity index (χ3n) is 2.43. The first-order chi connectivity index (χ1) is 9.38. The highest BCUT2D eigenvalue weighted by Crippen LogP contribution is 2.21. The number of hydrogen-bond acceptors (Lipinski definition) is 5. The Kier molecular flexibility index (Phi) is 4.21. The zero-order chi connectivity index (χ0) is 14.8. The zero-order valence-corrected chi connectivity index (χ0v) is 12.2. The SMILES string of the molecule is CC(Cn1cccn1)NS(=O)(=O)c1ccc(C(=O)O)s1. The lowest BCUT2D eigenvalue weighted by molar-refractivity contribution is 0.0702. The van der Waals surface area contributed by atoms with Gasteiger partial charge in [-0.05, 0) is 25.1 Å². The van der Waals surface area contributed by atoms with Crippen LogP contribution >= 0.6 is 11.3 Å². The van der Waals surface area contributed by atoms with Crippen molar-refractivity contribution in [3.8, 4) is 0 Å². The number of carboxylic acids is 1. The molecule has 2 heterocycles. The number of aromatic nitrogens is 2. The Hall–Kier alpha value is -1.71. The van der Waals surface area contributed by atoms with Gasteiger partial charge in [0.05, 0.1) is 6.54 Å². The van der Waals surface area contributed by atoms with E-state index in [0.29, 0.717) is 6.54 Å². The number of hydrogen-bond donors (Lipinski definition) is 2. The van der Waals surface area contributed by atoms with Crippen LogP contribution in [0.2, 0.25) is 0 Å². The third kappa shape index (κ3) is 3.44. The molecule has 2 aromatic rings. The van der Waals surface area contributed by atoms with Crippen molar-refractivity contribution in [2.75, 3.05) is 0 Å². The van der Waals surface area contributed by atoms with Gasteiger partial charge in [-0.25, -0.2) is 17.9 Å². The van der Waals surface area contributed by atoms with Crippen LogP contribution in [0.4, 0.5) is 0 Å². The Morgan fingerprint density at radius 1 is 1.55 bits per heavy atom. The first-order valence-electron chi connectivity index (χ1n) is 5.71. The van der Waals surface area contributed by atoms with Crippen LogP contribution in [-0.2, 0) is 16.6 Å². The minimum absolute atomic E-state index is 0.00916. The molecule has 0 bridgehead atoms. The predicted molar refractivity (Wildman–Crippen MR) is 73.3 cm³/mol. The first-order valence-corrected chi connectivity index (χ1v) is 8.01. The molecule has 1 atom stereocenters. The number of rotatable bonds is 6. The Balaban J connectivity index is 2.08. The molecule has 0 saturated carbocycles. The van der Waals surface area contributed by atoms with Crippen molar-refractivity contribution in [3.63, 3.8) is 0 Å². The van der Waals surface area contributed by atoms with Crippen molar-refractivity contribution in [1.82, 2.24) is 14.5 Å². The highest BCUT2D eigenvalue weighted by Gasteiger charge is 2.21. The van der Waals surface area contributed by atoms with Gasteiger partial charge in [0.25, 0.3) is 0 Å². The van der Waals surface area contributed by atoms with Crippen LogP contribution in [-0.4, -0.2) is 35.3 Å². The summed E-state index contributed by atoms with van der Waals surface area (Å²) < 4.78 is 28.3. The zero-order valence-electron chi connectivity index (χ0n) is 10.6. The fraction of sp³-hybridized carbons (Fsp3) is 0.273. The van der Waals surface area contributed by atoms with Crippen molar-refractivity contribution in [2.24, 2.45) is 0 Å². The summed E-state index contributed by atoms with van der Waals surface area (Å²) in [5.74, 6) is -1.14. The van der Waals surface area contributed by atoms with E-state index in [9.17, 15) is 13.2 Å². The fourth-order valence-electron chi connectivity index (χ4n) is 1.63. The number of thiophene rings is 1. The Morgan fingerprint density at radius 3 is 2.85 bits per heavy atom. The summed E-state index contributed by atoms with van der Waals surface area (Å²) >= 11 is 0.725. The second-order valence-electron chi connectivity index (χ2n) is 4.17. The molecule has 0 amide bonds. The Bertz CT molecular complexity index is 691. The summed E-state index contributed by atoms with van der Waals surface area (Å²) in [6.07, 6.45) is 3.35. The smallest absolute Gasteiger partial charge is 0.345 e. The van der Waals surface area contributed by atoms with Crippen molar-refractivity contribution in [3.05, 3.63) is 35.5 Å². The quantitative estimate of drug-likeness (QED) is 0.828. The number of nitrogens with zero attached hydrogens (tertiary/aromatic N) is 2. The molecule has 2 rings (SSSR count). The lowest BCUT2D eigenvalue weighted by Crippen LogP contribution is -2.35. The van der Waals surface area contributed by atoms with E-state index in [1.54, 1.807) is 30.1 Å². The second kappa shape index (κ2) is 5.73. The van der Waals surface area contributed by atoms with Gasteiger partial charge in [-0.2, -0.15) is 5.10 Å². The molecule has 9 heteroatoms. The lowest BCUT2D eigenvalue weighted by atomic mass is 10.4. The molecule has 0 saturated heterocycles. The molecular formula is C11H13N3O4S2. The van der Waals surface area contributed by atoms with Crippen LogP contribution in [0.1, 0.15) is 16.6 Å². The predicted octanol–water partition coefficient (Wildman–Crippen LogP) is 1.01. The van der Waals surface area contributed by atoms with E-state index in [2.05, 4.69) is 9.82 Å². The summed E-state index contributed by atoms with van der Waals surface area (Å²) in [7, 11) is -3.71. The molecule has 0 aliphatic rings. The van der Waals surface area contributed by atoms with Gasteiger partial charge in [0.2, 0.25) is 10.0 Å². The van der Waals surface area contributed by atoms with Crippen LogP contribution in [0.3, 0.4) is 0 Å². The molecule has 1 unspecified atom stereocenters. The Labute approximate surface area is 119 Å². The van der Waals surface area contributed by atoms with Gasteiger partial charge >= 0.3 is 5.97 Å². The standard InChI is InChI=1S/C11H13N3O4S2/c1-8(7-14-6-2-5-12-14)13-20(17,18)10-4-3-9(19-10)11(15)16/h2-6,8,13H,7H2,1H3,(H,15,16). The van der Waals surface area contributed by atoms with E-state index in [-0.39, 0.29) is 15.1 Å². The van der Waals surface area contributed by atoms with Crippen molar-refractivity contribution in [2.45, 2.75) is 23.7 Å². The number of sulfonamides is 1. The molecule has 0 radical (unpaired) electrons. The van der Waals surface area contributed by atoms with Crippen molar-refractivity contribution >= 4 is 27.3 Å². The summed E-state index contributed by atoms with van der Waals surface area (Å²) in [6.45, 7) is 2.11. The highest BCUT2D eigenvalue weighted by atomic mass is 32.2. The molecular weight excluding hydrogens is 302 g/mol. The van der Waals surface area contributed by atoms with Gasteiger partial charge in [0.1, 0.15) is 9.09 Å². The van der Waals surface area contributed by atoms with Crippen LogP contribution < -0.4 is 4.72 Å². The maximum Gasteiger partial charge on any atom is 0.345 e. The highest BCUT2D eigenvalue weighted by molar-refractivity contribution is 7.91. The van der Waals surface area contributed by atoms with Crippen LogP contribution in [0.25, 0.3) is 0 Å². The maximum atomic E-state index is 12.1. The van der Waals surface area contributed by atoms with Gasteiger partial charge in [-0.1, -0.05) is 0 Å². The Morgan fingerprint density at radius 2 is 2.30 bits per heavy atom. The average Bonchev–Trinajstić information content (AvgIpc) is 2.97. The summed E-state index contributed by atoms with van der Waals surface area (Å²) in [5.41, 5.74) is 0. The van der Waals surface area contributed by atoms with E-state index >= 15 is 0 Å². The van der Waals surface area contributed by atoms with E-state index in [0.717, 1.165) is 11.3 Å². The molecule has 20 heavy (non-hydrogen) atoms. The molecule has 0 aliphatic heterocycles. The van der Waals surface area contributed by atoms with Gasteiger partial charge in [0.15, 0.2) is 0 Å². The lowest BCUT2D eigenvalue weighted by Gasteiger charge is -2.13. The average molecular weight is 315 g/mol. The van der Waals surface area contributed by atoms with E-state index in [1.807, 2.05) is 0 Å². The summed E-state index contributed by atoms with van der Waals surface area (Å²) in [6, 6.07) is 3.95. The molecule has 0 aromatic carbocycles. The van der Waals surface area contributed by atoms with Gasteiger partial charge in [-0.3, -0.25) is 4.68 Å². The van der Waals surface area contributed by atoms with Crippen molar-refractivity contribution in [1.29, 1.82) is 0 Å². The molecule has 108 valence electrons. The number of carboxylic acid groups (broad SMARTS) is 1. The first kappa shape index (κ1) is 14.7. The van der Waals surface area contributed by atoms with Gasteiger partial charge < -0.3 is 5.11 Å². The number of aromatic carboxylic acids is 1. The van der Waals surface area contributed by atoms with E-state index in [1.165, 1.54) is 12.1 Å². The fourth-order valence-corrected chi connectivity index (χ4v) is 4.03. The third-order valence-corrected chi connectivity index (χ3v) is 5.59. The van der Waals surface area contributed by atoms with E-state index < -0.39 is 16.0 Å². The molecule has 2 N–H and O–H groups in total. The van der Waals surface area contributed by atoms with Crippen LogP contribution in [0, 0.1) is 0 Å². The minimum atomic E-state index is -3.71. The molecule has 0 spiro atoms. The molecule has 2 aromatic heterocycles. The monoisotopic (exact) mass is 315 g/mol. The summed E-state index contributed by atoms with van der Waals surface area (Å²) in [5, 5.41) is 12.8. The normalized spacial score (nSPS) is 13.2. The largest absolute Gasteiger partial charge is 0.477 e. The minimum Gasteiger partial charge on any atom is -0.477 e. The van der Waals surface area contributed by atoms with Crippen LogP contribution in [0.15, 0.2) is 34.8 Å². The molecule has 0 fully saturated rings. The van der Waals surface area contributed by atoms with Gasteiger partial charge in [0, 0.05) is 18.4 Å². The number of nitrogens with one attached hydrogen (secondary N) is 1. The number of carbonyl (C=O) groups is 1. The molecule has 0 aliphatic carbocycles. The van der Waals surface area contributed by atoms with E-state index in [4.69, 9.17) is 5.11 Å². The van der Waals surface area contributed by atoms with Crippen LogP contribution in [0.5, 0.6) is 0 Å². The summed E-state index contributed by atoms with van der Waals surface area (Å²) in [4.78, 5) is 10.7. The van der Waals surface area contributed by atoms with Gasteiger partial charge in [-0.15, -0.1) is 11.3 Å².